The third kappa shape index (κ3) is 3.43. The maximum atomic E-state index is 13.4. The van der Waals surface area contributed by atoms with Crippen molar-refractivity contribution in [1.82, 2.24) is 4.90 Å². The Morgan fingerprint density at radius 2 is 1.72 bits per heavy atom. The third-order valence-corrected chi connectivity index (χ3v) is 4.42. The Morgan fingerprint density at radius 3 is 2.36 bits per heavy atom. The van der Waals surface area contributed by atoms with Crippen LogP contribution in [0.2, 0.25) is 0 Å². The minimum absolute atomic E-state index is 0.0184. The standard InChI is InChI=1S/C19H19F2NO3/c1-24-17-6-5-12(10-18(17)25-2)16-4-3-7-22(16)19(23)13-8-14(20)11-15(21)9-13/h5-6,8-11,16H,3-4,7H2,1-2H3. The number of halogens is 2. The number of carbonyl (C=O) groups is 1. The van der Waals surface area contributed by atoms with Gasteiger partial charge in [0, 0.05) is 18.2 Å². The van der Waals surface area contributed by atoms with E-state index in [-0.39, 0.29) is 17.5 Å². The van der Waals surface area contributed by atoms with Crippen LogP contribution in [0.1, 0.15) is 34.8 Å². The first-order chi connectivity index (χ1) is 12.0. The molecule has 25 heavy (non-hydrogen) atoms. The second kappa shape index (κ2) is 7.09. The maximum absolute atomic E-state index is 13.4. The van der Waals surface area contributed by atoms with Gasteiger partial charge in [0.05, 0.1) is 20.3 Å². The molecule has 0 radical (unpaired) electrons. The normalized spacial score (nSPS) is 16.8. The zero-order valence-corrected chi connectivity index (χ0v) is 14.1. The molecule has 1 saturated heterocycles. The fourth-order valence-electron chi connectivity index (χ4n) is 3.26. The van der Waals surface area contributed by atoms with Gasteiger partial charge in [-0.1, -0.05) is 6.07 Å². The van der Waals surface area contributed by atoms with E-state index in [1.165, 1.54) is 0 Å². The summed E-state index contributed by atoms with van der Waals surface area (Å²) in [5.74, 6) is -0.712. The number of hydrogen-bond acceptors (Lipinski definition) is 3. The summed E-state index contributed by atoms with van der Waals surface area (Å²) in [6, 6.07) is 8.22. The van der Waals surface area contributed by atoms with Crippen LogP contribution in [-0.4, -0.2) is 31.6 Å². The Hall–Kier alpha value is -2.63. The van der Waals surface area contributed by atoms with E-state index in [1.54, 1.807) is 25.2 Å². The molecule has 0 saturated carbocycles. The molecular weight excluding hydrogens is 328 g/mol. The van der Waals surface area contributed by atoms with Gasteiger partial charge in [0.1, 0.15) is 11.6 Å². The van der Waals surface area contributed by atoms with E-state index in [9.17, 15) is 13.6 Å². The number of nitrogens with zero attached hydrogens (tertiary/aromatic N) is 1. The fraction of sp³-hybridized carbons (Fsp3) is 0.316. The Kier molecular flexibility index (Phi) is 4.88. The molecule has 1 unspecified atom stereocenters. The third-order valence-electron chi connectivity index (χ3n) is 4.42. The Bertz CT molecular complexity index is 774. The lowest BCUT2D eigenvalue weighted by molar-refractivity contribution is 0.0734. The fourth-order valence-corrected chi connectivity index (χ4v) is 3.26. The number of carbonyl (C=O) groups excluding carboxylic acids is 1. The lowest BCUT2D eigenvalue weighted by Gasteiger charge is -2.26. The Labute approximate surface area is 145 Å². The molecule has 1 atom stereocenters. The molecule has 0 aliphatic carbocycles. The summed E-state index contributed by atoms with van der Waals surface area (Å²) < 4.78 is 37.4. The minimum Gasteiger partial charge on any atom is -0.493 e. The van der Waals surface area contributed by atoms with Crippen LogP contribution in [0.25, 0.3) is 0 Å². The van der Waals surface area contributed by atoms with E-state index < -0.39 is 11.6 Å². The molecule has 1 aliphatic rings. The van der Waals surface area contributed by atoms with Gasteiger partial charge in [-0.05, 0) is 42.7 Å². The zero-order chi connectivity index (χ0) is 18.0. The molecule has 4 nitrogen and oxygen atoms in total. The van der Waals surface area contributed by atoms with Crippen molar-refractivity contribution in [3.8, 4) is 11.5 Å². The quantitative estimate of drug-likeness (QED) is 0.840. The number of rotatable bonds is 4. The van der Waals surface area contributed by atoms with Gasteiger partial charge in [-0.25, -0.2) is 8.78 Å². The van der Waals surface area contributed by atoms with Crippen molar-refractivity contribution in [2.75, 3.05) is 20.8 Å². The minimum atomic E-state index is -0.759. The zero-order valence-electron chi connectivity index (χ0n) is 14.1. The second-order valence-corrected chi connectivity index (χ2v) is 5.93. The van der Waals surface area contributed by atoms with E-state index in [0.717, 1.165) is 36.6 Å². The Morgan fingerprint density at radius 1 is 1.04 bits per heavy atom. The van der Waals surface area contributed by atoms with Crippen LogP contribution in [0.5, 0.6) is 11.5 Å². The first kappa shape index (κ1) is 17.2. The number of ether oxygens (including phenoxy) is 2. The predicted octanol–water partition coefficient (Wildman–Crippen LogP) is 3.96. The van der Waals surface area contributed by atoms with Crippen LogP contribution >= 0.6 is 0 Å². The molecule has 1 aliphatic heterocycles. The molecule has 1 heterocycles. The van der Waals surface area contributed by atoms with Gasteiger partial charge >= 0.3 is 0 Å². The number of hydrogen-bond donors (Lipinski definition) is 0. The van der Waals surface area contributed by atoms with E-state index in [4.69, 9.17) is 9.47 Å². The summed E-state index contributed by atoms with van der Waals surface area (Å²) in [6.07, 6.45) is 1.60. The highest BCUT2D eigenvalue weighted by Crippen LogP contribution is 2.37. The van der Waals surface area contributed by atoms with Crippen LogP contribution in [0.4, 0.5) is 8.78 Å². The van der Waals surface area contributed by atoms with Crippen molar-refractivity contribution in [1.29, 1.82) is 0 Å². The summed E-state index contributed by atoms with van der Waals surface area (Å²) in [4.78, 5) is 14.4. The molecule has 1 amide bonds. The van der Waals surface area contributed by atoms with Gasteiger partial charge in [0.2, 0.25) is 0 Å². The molecule has 2 aromatic carbocycles. The monoisotopic (exact) mass is 347 g/mol. The summed E-state index contributed by atoms with van der Waals surface area (Å²) >= 11 is 0. The van der Waals surface area contributed by atoms with Crippen LogP contribution < -0.4 is 9.47 Å². The maximum Gasteiger partial charge on any atom is 0.254 e. The van der Waals surface area contributed by atoms with Gasteiger partial charge in [-0.15, -0.1) is 0 Å². The van der Waals surface area contributed by atoms with Crippen LogP contribution in [0, 0.1) is 11.6 Å². The summed E-state index contributed by atoms with van der Waals surface area (Å²) in [5.41, 5.74) is 0.922. The number of methoxy groups -OCH3 is 2. The number of benzene rings is 2. The lowest BCUT2D eigenvalue weighted by Crippen LogP contribution is -2.30. The summed E-state index contributed by atoms with van der Waals surface area (Å²) in [7, 11) is 3.11. The molecule has 0 aromatic heterocycles. The molecule has 3 rings (SSSR count). The van der Waals surface area contributed by atoms with E-state index in [1.807, 2.05) is 12.1 Å². The number of amides is 1. The van der Waals surface area contributed by atoms with Crippen molar-refractivity contribution in [2.45, 2.75) is 18.9 Å². The summed E-state index contributed by atoms with van der Waals surface area (Å²) in [6.45, 7) is 0.538. The van der Waals surface area contributed by atoms with Crippen LogP contribution in [-0.2, 0) is 0 Å². The van der Waals surface area contributed by atoms with E-state index >= 15 is 0 Å². The highest BCUT2D eigenvalue weighted by molar-refractivity contribution is 5.94. The van der Waals surface area contributed by atoms with Crippen molar-refractivity contribution in [3.05, 3.63) is 59.2 Å². The van der Waals surface area contributed by atoms with Crippen molar-refractivity contribution in [2.24, 2.45) is 0 Å². The van der Waals surface area contributed by atoms with Gasteiger partial charge in [-0.3, -0.25) is 4.79 Å². The molecule has 132 valence electrons. The largest absolute Gasteiger partial charge is 0.493 e. The molecule has 6 heteroatoms. The Balaban J connectivity index is 1.91. The topological polar surface area (TPSA) is 38.8 Å². The highest BCUT2D eigenvalue weighted by Gasteiger charge is 2.31. The van der Waals surface area contributed by atoms with Gasteiger partial charge in [-0.2, -0.15) is 0 Å². The predicted molar refractivity (Wildman–Crippen MR) is 88.9 cm³/mol. The smallest absolute Gasteiger partial charge is 0.254 e. The van der Waals surface area contributed by atoms with Gasteiger partial charge in [0.15, 0.2) is 11.5 Å². The lowest BCUT2D eigenvalue weighted by atomic mass is 10.0. The molecule has 0 bridgehead atoms. The highest BCUT2D eigenvalue weighted by atomic mass is 19.1. The molecular formula is C19H19F2NO3. The second-order valence-electron chi connectivity index (χ2n) is 5.93. The van der Waals surface area contributed by atoms with Crippen molar-refractivity contribution >= 4 is 5.91 Å². The summed E-state index contributed by atoms with van der Waals surface area (Å²) in [5, 5.41) is 0. The molecule has 1 fully saturated rings. The van der Waals surface area contributed by atoms with Crippen molar-refractivity contribution < 1.29 is 23.0 Å². The first-order valence-corrected chi connectivity index (χ1v) is 8.02. The average Bonchev–Trinajstić information content (AvgIpc) is 3.09. The van der Waals surface area contributed by atoms with E-state index in [2.05, 4.69) is 0 Å². The molecule has 0 N–H and O–H groups in total. The van der Waals surface area contributed by atoms with E-state index in [0.29, 0.717) is 18.0 Å². The molecule has 0 spiro atoms. The number of likely N-dealkylation sites (tertiary alicyclic amines) is 1. The van der Waals surface area contributed by atoms with Gasteiger partial charge in [0.25, 0.3) is 5.91 Å². The van der Waals surface area contributed by atoms with Crippen LogP contribution in [0.15, 0.2) is 36.4 Å². The van der Waals surface area contributed by atoms with Gasteiger partial charge < -0.3 is 14.4 Å². The van der Waals surface area contributed by atoms with Crippen molar-refractivity contribution in [3.63, 3.8) is 0 Å². The SMILES string of the molecule is COc1ccc(C2CCCN2C(=O)c2cc(F)cc(F)c2)cc1OC. The first-order valence-electron chi connectivity index (χ1n) is 8.02. The molecule has 2 aromatic rings. The average molecular weight is 347 g/mol. The van der Waals surface area contributed by atoms with Crippen LogP contribution in [0.3, 0.4) is 0 Å².